The molecule has 76 valence electrons. The minimum atomic E-state index is -0.131. The highest BCUT2D eigenvalue weighted by atomic mass is 14.7. The van der Waals surface area contributed by atoms with Crippen LogP contribution in [0.25, 0.3) is 4.85 Å². The van der Waals surface area contributed by atoms with Crippen molar-refractivity contribution in [2.45, 2.75) is 41.5 Å². The smallest absolute Gasteiger partial charge is 0.227 e. The van der Waals surface area contributed by atoms with Gasteiger partial charge in [0.05, 0.1) is 12.6 Å². The van der Waals surface area contributed by atoms with Gasteiger partial charge >= 0.3 is 0 Å². The molecular weight excluding hydrogens is 172 g/mol. The Morgan fingerprint density at radius 2 is 1.43 bits per heavy atom. The minimum Gasteiger partial charge on any atom is -0.227 e. The van der Waals surface area contributed by atoms with Crippen LogP contribution in [0.5, 0.6) is 0 Å². The molecule has 0 heterocycles. The largest absolute Gasteiger partial charge is 0.262 e. The third kappa shape index (κ3) is 2.89. The lowest BCUT2D eigenvalue weighted by molar-refractivity contribution is 0.360. The molecule has 0 aliphatic rings. The number of nitriles is 1. The lowest BCUT2D eigenvalue weighted by atomic mass is 9.71. The Balaban J connectivity index is 5.74. The Kier molecular flexibility index (Phi) is 3.49. The van der Waals surface area contributed by atoms with Crippen LogP contribution in [0.2, 0.25) is 0 Å². The lowest BCUT2D eigenvalue weighted by Crippen LogP contribution is -2.23. The summed E-state index contributed by atoms with van der Waals surface area (Å²) in [5.41, 5.74) is 0.911. The van der Waals surface area contributed by atoms with Gasteiger partial charge in [-0.3, -0.25) is 0 Å². The minimum absolute atomic E-state index is 0.131. The molecule has 0 rings (SSSR count). The molecule has 0 aromatic carbocycles. The van der Waals surface area contributed by atoms with Crippen molar-refractivity contribution in [3.63, 3.8) is 0 Å². The first-order valence-electron chi connectivity index (χ1n) is 4.67. The van der Waals surface area contributed by atoms with Crippen molar-refractivity contribution < 1.29 is 0 Å². The molecule has 0 radical (unpaired) electrons. The van der Waals surface area contributed by atoms with E-state index < -0.39 is 0 Å². The van der Waals surface area contributed by atoms with E-state index in [1.165, 1.54) is 0 Å². The second kappa shape index (κ2) is 3.84. The highest BCUT2D eigenvalue weighted by Crippen LogP contribution is 2.41. The quantitative estimate of drug-likeness (QED) is 0.422. The predicted octanol–water partition coefficient (Wildman–Crippen LogP) is 3.78. The average molecular weight is 190 g/mol. The second-order valence-corrected chi connectivity index (χ2v) is 5.45. The van der Waals surface area contributed by atoms with Gasteiger partial charge in [0.25, 0.3) is 5.70 Å². The summed E-state index contributed by atoms with van der Waals surface area (Å²) in [4.78, 5) is 3.31. The molecule has 0 spiro atoms. The molecule has 0 aliphatic heterocycles. The standard InChI is InChI=1S/C12H18N2/c1-11(2,3)10(12(4,5)6)9(8-13)14-7/h1-6H3. The van der Waals surface area contributed by atoms with Crippen LogP contribution in [0.4, 0.5) is 0 Å². The summed E-state index contributed by atoms with van der Waals surface area (Å²) >= 11 is 0. The summed E-state index contributed by atoms with van der Waals surface area (Å²) in [5, 5.41) is 8.90. The summed E-state index contributed by atoms with van der Waals surface area (Å²) in [7, 11) is 0. The van der Waals surface area contributed by atoms with Crippen molar-refractivity contribution >= 4 is 0 Å². The molecule has 0 unspecified atom stereocenters. The lowest BCUT2D eigenvalue weighted by Gasteiger charge is -2.34. The van der Waals surface area contributed by atoms with Gasteiger partial charge in [-0.2, -0.15) is 0 Å². The van der Waals surface area contributed by atoms with Gasteiger partial charge in [-0.15, -0.1) is 0 Å². The fourth-order valence-electron chi connectivity index (χ4n) is 1.97. The summed E-state index contributed by atoms with van der Waals surface area (Å²) < 4.78 is 0. The van der Waals surface area contributed by atoms with E-state index in [2.05, 4.69) is 4.85 Å². The van der Waals surface area contributed by atoms with E-state index in [-0.39, 0.29) is 16.5 Å². The fourth-order valence-corrected chi connectivity index (χ4v) is 1.97. The van der Waals surface area contributed by atoms with Crippen LogP contribution in [0.1, 0.15) is 41.5 Å². The summed E-state index contributed by atoms with van der Waals surface area (Å²) in [6.07, 6.45) is 0. The molecule has 0 aromatic rings. The zero-order valence-corrected chi connectivity index (χ0v) is 9.89. The monoisotopic (exact) mass is 190 g/mol. The van der Waals surface area contributed by atoms with Gasteiger partial charge in [0.15, 0.2) is 0 Å². The van der Waals surface area contributed by atoms with Crippen LogP contribution in [0, 0.1) is 28.7 Å². The molecule has 0 saturated carbocycles. The number of rotatable bonds is 0. The molecule has 0 fully saturated rings. The van der Waals surface area contributed by atoms with Gasteiger partial charge in [-0.25, -0.2) is 10.1 Å². The van der Waals surface area contributed by atoms with Gasteiger partial charge in [0.1, 0.15) is 0 Å². The number of hydrogen-bond acceptors (Lipinski definition) is 1. The van der Waals surface area contributed by atoms with E-state index in [1.54, 1.807) is 0 Å². The highest BCUT2D eigenvalue weighted by molar-refractivity contribution is 5.38. The van der Waals surface area contributed by atoms with E-state index in [0.717, 1.165) is 5.57 Å². The third-order valence-electron chi connectivity index (χ3n) is 1.95. The predicted molar refractivity (Wildman–Crippen MR) is 58.2 cm³/mol. The molecular formula is C12H18N2. The molecule has 2 heteroatoms. The van der Waals surface area contributed by atoms with Crippen molar-refractivity contribution in [3.05, 3.63) is 22.7 Å². The molecule has 0 amide bonds. The van der Waals surface area contributed by atoms with Crippen molar-refractivity contribution in [2.75, 3.05) is 0 Å². The zero-order valence-electron chi connectivity index (χ0n) is 9.89. The maximum atomic E-state index is 8.90. The maximum absolute atomic E-state index is 8.90. The van der Waals surface area contributed by atoms with E-state index >= 15 is 0 Å². The van der Waals surface area contributed by atoms with E-state index in [9.17, 15) is 0 Å². The van der Waals surface area contributed by atoms with Crippen LogP contribution >= 0.6 is 0 Å². The number of nitrogens with zero attached hydrogens (tertiary/aromatic N) is 2. The molecule has 0 atom stereocenters. The normalized spacial score (nSPS) is 11.4. The van der Waals surface area contributed by atoms with E-state index in [4.69, 9.17) is 11.8 Å². The Labute approximate surface area is 87.1 Å². The molecule has 0 saturated heterocycles. The Bertz CT molecular complexity index is 289. The number of hydrogen-bond donors (Lipinski definition) is 0. The van der Waals surface area contributed by atoms with Crippen LogP contribution in [0.3, 0.4) is 0 Å². The highest BCUT2D eigenvalue weighted by Gasteiger charge is 2.31. The van der Waals surface area contributed by atoms with Crippen LogP contribution in [0.15, 0.2) is 11.3 Å². The number of allylic oxidation sites excluding steroid dienone is 2. The first-order valence-corrected chi connectivity index (χ1v) is 4.67. The molecule has 0 aliphatic carbocycles. The zero-order chi connectivity index (χ0) is 11.6. The summed E-state index contributed by atoms with van der Waals surface area (Å²) in [5.74, 6) is 0. The topological polar surface area (TPSA) is 28.1 Å². The summed E-state index contributed by atoms with van der Waals surface area (Å²) in [6.45, 7) is 19.2. The first-order chi connectivity index (χ1) is 6.14. The fraction of sp³-hybridized carbons (Fsp3) is 0.667. The molecule has 0 bridgehead atoms. The SMILES string of the molecule is [C-]#[N+]C(C#N)=C(C(C)(C)C)C(C)(C)C. The molecule has 0 aromatic heterocycles. The van der Waals surface area contributed by atoms with Crippen molar-refractivity contribution in [1.82, 2.24) is 0 Å². The Hall–Kier alpha value is -1.28. The van der Waals surface area contributed by atoms with E-state index in [0.29, 0.717) is 0 Å². The van der Waals surface area contributed by atoms with Gasteiger partial charge in [0, 0.05) is 0 Å². The van der Waals surface area contributed by atoms with Crippen LogP contribution in [-0.4, -0.2) is 0 Å². The van der Waals surface area contributed by atoms with Gasteiger partial charge in [-0.1, -0.05) is 41.5 Å². The Morgan fingerprint density at radius 3 is 1.50 bits per heavy atom. The average Bonchev–Trinajstić information content (AvgIpc) is 1.94. The summed E-state index contributed by atoms with van der Waals surface area (Å²) in [6, 6.07) is 1.99. The Morgan fingerprint density at radius 1 is 1.07 bits per heavy atom. The van der Waals surface area contributed by atoms with Crippen molar-refractivity contribution in [1.29, 1.82) is 5.26 Å². The van der Waals surface area contributed by atoms with Gasteiger partial charge < -0.3 is 0 Å². The second-order valence-electron chi connectivity index (χ2n) is 5.45. The van der Waals surface area contributed by atoms with Crippen molar-refractivity contribution in [3.8, 4) is 6.07 Å². The van der Waals surface area contributed by atoms with Crippen LogP contribution in [-0.2, 0) is 0 Å². The van der Waals surface area contributed by atoms with E-state index in [1.807, 2.05) is 47.6 Å². The van der Waals surface area contributed by atoms with Crippen molar-refractivity contribution in [2.24, 2.45) is 10.8 Å². The molecule has 14 heavy (non-hydrogen) atoms. The first kappa shape index (κ1) is 12.7. The van der Waals surface area contributed by atoms with Gasteiger partial charge in [0.2, 0.25) is 0 Å². The third-order valence-corrected chi connectivity index (χ3v) is 1.95. The van der Waals surface area contributed by atoms with Crippen LogP contribution < -0.4 is 0 Å². The van der Waals surface area contributed by atoms with Gasteiger partial charge in [-0.05, 0) is 16.4 Å². The molecule has 0 N–H and O–H groups in total. The maximum Gasteiger partial charge on any atom is 0.262 e. The molecule has 2 nitrogen and oxygen atoms in total.